The fraction of sp³-hybridized carbons (Fsp3) is 0.412. The normalized spacial score (nSPS) is 16.6. The van der Waals surface area contributed by atoms with Gasteiger partial charge in [-0.25, -0.2) is 0 Å². The van der Waals surface area contributed by atoms with Gasteiger partial charge in [-0.15, -0.1) is 0 Å². The van der Waals surface area contributed by atoms with Crippen molar-refractivity contribution in [2.24, 2.45) is 0 Å². The van der Waals surface area contributed by atoms with Gasteiger partial charge >= 0.3 is 0 Å². The van der Waals surface area contributed by atoms with E-state index in [0.717, 1.165) is 12.3 Å². The van der Waals surface area contributed by atoms with E-state index in [1.54, 1.807) is 6.26 Å². The molecular weight excluding hydrogens is 248 g/mol. The van der Waals surface area contributed by atoms with Gasteiger partial charge in [-0.2, -0.15) is 0 Å². The monoisotopic (exact) mass is 270 g/mol. The number of para-hydroxylation sites is 1. The molecule has 0 amide bonds. The Labute approximate surface area is 120 Å². The summed E-state index contributed by atoms with van der Waals surface area (Å²) in [6.07, 6.45) is 4.35. The quantitative estimate of drug-likeness (QED) is 0.897. The molecule has 3 heteroatoms. The summed E-state index contributed by atoms with van der Waals surface area (Å²) in [6, 6.07) is 12.9. The van der Waals surface area contributed by atoms with Crippen molar-refractivity contribution in [3.8, 4) is 0 Å². The van der Waals surface area contributed by atoms with Gasteiger partial charge in [-0.3, -0.25) is 0 Å². The highest BCUT2D eigenvalue weighted by atomic mass is 16.3. The van der Waals surface area contributed by atoms with Crippen molar-refractivity contribution in [2.75, 3.05) is 18.0 Å². The van der Waals surface area contributed by atoms with E-state index in [-0.39, 0.29) is 6.04 Å². The lowest BCUT2D eigenvalue weighted by Gasteiger charge is -2.22. The van der Waals surface area contributed by atoms with E-state index < -0.39 is 0 Å². The van der Waals surface area contributed by atoms with Crippen LogP contribution in [0.15, 0.2) is 47.1 Å². The molecule has 2 heterocycles. The molecule has 1 aromatic heterocycles. The number of furan rings is 1. The lowest BCUT2D eigenvalue weighted by atomic mass is 10.1. The first-order valence-electron chi connectivity index (χ1n) is 7.44. The average molecular weight is 270 g/mol. The fourth-order valence-electron chi connectivity index (χ4n) is 2.83. The van der Waals surface area contributed by atoms with Gasteiger partial charge in [0.15, 0.2) is 0 Å². The molecule has 1 aliphatic rings. The number of hydrogen-bond donors (Lipinski definition) is 1. The smallest absolute Gasteiger partial charge is 0.120 e. The molecule has 1 N–H and O–H groups in total. The second kappa shape index (κ2) is 6.14. The molecule has 1 fully saturated rings. The van der Waals surface area contributed by atoms with Gasteiger partial charge in [-0.05, 0) is 43.5 Å². The van der Waals surface area contributed by atoms with Crippen molar-refractivity contribution in [3.63, 3.8) is 0 Å². The minimum absolute atomic E-state index is 0.233. The number of benzene rings is 1. The third kappa shape index (κ3) is 2.88. The van der Waals surface area contributed by atoms with E-state index in [1.165, 1.54) is 37.2 Å². The molecule has 0 saturated carbocycles. The number of nitrogens with zero attached hydrogens (tertiary/aromatic N) is 1. The van der Waals surface area contributed by atoms with Gasteiger partial charge in [0.25, 0.3) is 0 Å². The zero-order chi connectivity index (χ0) is 13.8. The predicted octanol–water partition coefficient (Wildman–Crippen LogP) is 3.73. The van der Waals surface area contributed by atoms with E-state index in [1.807, 2.05) is 12.1 Å². The summed E-state index contributed by atoms with van der Waals surface area (Å²) in [7, 11) is 0. The molecule has 1 aromatic carbocycles. The molecule has 106 valence electrons. The maximum Gasteiger partial charge on any atom is 0.120 e. The van der Waals surface area contributed by atoms with Gasteiger partial charge in [0.05, 0.1) is 12.3 Å². The highest BCUT2D eigenvalue weighted by Crippen LogP contribution is 2.25. The van der Waals surface area contributed by atoms with Crippen LogP contribution < -0.4 is 10.2 Å². The second-order valence-corrected chi connectivity index (χ2v) is 5.44. The van der Waals surface area contributed by atoms with E-state index >= 15 is 0 Å². The topological polar surface area (TPSA) is 28.4 Å². The number of nitrogens with one attached hydrogen (secondary N) is 1. The minimum atomic E-state index is 0.233. The molecule has 3 rings (SSSR count). The largest absolute Gasteiger partial charge is 0.468 e. The van der Waals surface area contributed by atoms with Gasteiger partial charge in [0, 0.05) is 25.3 Å². The fourth-order valence-corrected chi connectivity index (χ4v) is 2.83. The Morgan fingerprint density at radius 1 is 1.15 bits per heavy atom. The van der Waals surface area contributed by atoms with Crippen LogP contribution in [-0.2, 0) is 6.54 Å². The van der Waals surface area contributed by atoms with Crippen LogP contribution in [0.1, 0.15) is 37.1 Å². The first-order valence-corrected chi connectivity index (χ1v) is 7.44. The molecule has 20 heavy (non-hydrogen) atoms. The standard InChI is InChI=1S/C17H22N2O/c1-14(17-9-6-12-20-17)18-13-15-7-2-3-8-16(15)19-10-4-5-11-19/h2-3,6-9,12,14,18H,4-5,10-11,13H2,1H3/t14-/m0/s1. The Bertz CT molecular complexity index is 530. The summed E-state index contributed by atoms with van der Waals surface area (Å²) in [5.74, 6) is 0.989. The lowest BCUT2D eigenvalue weighted by molar-refractivity contribution is 0.430. The summed E-state index contributed by atoms with van der Waals surface area (Å²) >= 11 is 0. The van der Waals surface area contributed by atoms with E-state index in [4.69, 9.17) is 4.42 Å². The second-order valence-electron chi connectivity index (χ2n) is 5.44. The molecule has 0 aliphatic carbocycles. The maximum absolute atomic E-state index is 5.44. The van der Waals surface area contributed by atoms with Crippen LogP contribution in [0.25, 0.3) is 0 Å². The van der Waals surface area contributed by atoms with Crippen molar-refractivity contribution in [2.45, 2.75) is 32.4 Å². The maximum atomic E-state index is 5.44. The Balaban J connectivity index is 1.68. The van der Waals surface area contributed by atoms with Crippen LogP contribution in [0.4, 0.5) is 5.69 Å². The minimum Gasteiger partial charge on any atom is -0.468 e. The van der Waals surface area contributed by atoms with Crippen molar-refractivity contribution < 1.29 is 4.42 Å². The molecule has 0 radical (unpaired) electrons. The zero-order valence-electron chi connectivity index (χ0n) is 12.0. The molecule has 0 unspecified atom stereocenters. The highest BCUT2D eigenvalue weighted by molar-refractivity contribution is 5.54. The predicted molar refractivity (Wildman–Crippen MR) is 81.9 cm³/mol. The van der Waals surface area contributed by atoms with Crippen molar-refractivity contribution >= 4 is 5.69 Å². The molecule has 2 aromatic rings. The summed E-state index contributed by atoms with van der Waals surface area (Å²) in [5.41, 5.74) is 2.75. The Morgan fingerprint density at radius 2 is 1.95 bits per heavy atom. The van der Waals surface area contributed by atoms with Crippen LogP contribution in [0.3, 0.4) is 0 Å². The summed E-state index contributed by atoms with van der Waals surface area (Å²) in [5, 5.41) is 3.54. The average Bonchev–Trinajstić information content (AvgIpc) is 3.17. The molecule has 0 bridgehead atoms. The Kier molecular flexibility index (Phi) is 4.07. The van der Waals surface area contributed by atoms with Gasteiger partial charge in [0.1, 0.15) is 5.76 Å². The van der Waals surface area contributed by atoms with Crippen molar-refractivity contribution in [1.82, 2.24) is 5.32 Å². The summed E-state index contributed by atoms with van der Waals surface area (Å²) in [4.78, 5) is 2.49. The first kappa shape index (κ1) is 13.3. The zero-order valence-corrected chi connectivity index (χ0v) is 12.0. The van der Waals surface area contributed by atoms with Crippen LogP contribution in [0, 0.1) is 0 Å². The third-order valence-corrected chi connectivity index (χ3v) is 4.01. The lowest BCUT2D eigenvalue weighted by Crippen LogP contribution is -2.23. The van der Waals surface area contributed by atoms with Crippen molar-refractivity contribution in [1.29, 1.82) is 0 Å². The first-order chi connectivity index (χ1) is 9.84. The Morgan fingerprint density at radius 3 is 2.70 bits per heavy atom. The van der Waals surface area contributed by atoms with Crippen molar-refractivity contribution in [3.05, 3.63) is 54.0 Å². The van der Waals surface area contributed by atoms with Crippen LogP contribution >= 0.6 is 0 Å². The number of hydrogen-bond acceptors (Lipinski definition) is 3. The Hall–Kier alpha value is -1.74. The van der Waals surface area contributed by atoms with Gasteiger partial charge in [-0.1, -0.05) is 18.2 Å². The van der Waals surface area contributed by atoms with Crippen LogP contribution in [0.5, 0.6) is 0 Å². The highest BCUT2D eigenvalue weighted by Gasteiger charge is 2.16. The van der Waals surface area contributed by atoms with Gasteiger partial charge < -0.3 is 14.6 Å². The summed E-state index contributed by atoms with van der Waals surface area (Å²) in [6.45, 7) is 5.38. The molecule has 1 saturated heterocycles. The third-order valence-electron chi connectivity index (χ3n) is 4.01. The number of rotatable bonds is 5. The molecule has 3 nitrogen and oxygen atoms in total. The van der Waals surface area contributed by atoms with E-state index in [0.29, 0.717) is 0 Å². The van der Waals surface area contributed by atoms with E-state index in [2.05, 4.69) is 41.4 Å². The molecule has 0 spiro atoms. The summed E-state index contributed by atoms with van der Waals surface area (Å²) < 4.78 is 5.44. The van der Waals surface area contributed by atoms with Gasteiger partial charge in [0.2, 0.25) is 0 Å². The molecule has 1 aliphatic heterocycles. The SMILES string of the molecule is C[C@H](NCc1ccccc1N1CCCC1)c1ccco1. The van der Waals surface area contributed by atoms with E-state index in [9.17, 15) is 0 Å². The molecular formula is C17H22N2O. The molecule has 1 atom stereocenters. The number of anilines is 1. The van der Waals surface area contributed by atoms with Crippen LogP contribution in [-0.4, -0.2) is 13.1 Å². The van der Waals surface area contributed by atoms with Crippen LogP contribution in [0.2, 0.25) is 0 Å².